The monoisotopic (exact) mass is 433 g/mol. The highest BCUT2D eigenvalue weighted by Crippen LogP contribution is 2.29. The lowest BCUT2D eigenvalue weighted by molar-refractivity contribution is -0.153. The predicted octanol–water partition coefficient (Wildman–Crippen LogP) is 4.06. The third-order valence-electron chi connectivity index (χ3n) is 4.45. The second-order valence-corrected chi connectivity index (χ2v) is 8.05. The van der Waals surface area contributed by atoms with Crippen LogP contribution >= 0.6 is 27.7 Å². The fourth-order valence-corrected chi connectivity index (χ4v) is 4.59. The smallest absolute Gasteiger partial charge is 0.328 e. The van der Waals surface area contributed by atoms with Crippen LogP contribution in [-0.4, -0.2) is 35.7 Å². The molecule has 1 unspecified atom stereocenters. The molecule has 0 bridgehead atoms. The first-order valence-corrected chi connectivity index (χ1v) is 10.2. The minimum Gasteiger partial charge on any atom is -0.467 e. The van der Waals surface area contributed by atoms with Crippen LogP contribution in [0.1, 0.15) is 17.5 Å². The van der Waals surface area contributed by atoms with Crippen LogP contribution in [0.3, 0.4) is 0 Å². The number of amides is 1. The molecule has 3 rings (SSSR count). The molecular weight excluding hydrogens is 414 g/mol. The van der Waals surface area contributed by atoms with E-state index in [4.69, 9.17) is 4.74 Å². The van der Waals surface area contributed by atoms with Gasteiger partial charge in [-0.05, 0) is 39.2 Å². The van der Waals surface area contributed by atoms with Crippen molar-refractivity contribution in [3.05, 3.63) is 64.1 Å². The van der Waals surface area contributed by atoms with Crippen molar-refractivity contribution in [3.8, 4) is 0 Å². The Kier molecular flexibility index (Phi) is 6.38. The van der Waals surface area contributed by atoms with Gasteiger partial charge in [0.05, 0.1) is 7.11 Å². The SMILES string of the molecule is COC(=O)C1Cc2ccccc2CN1C(=O)CCSc1ccccc1Br. The number of nitrogens with zero attached hydrogens (tertiary/aromatic N) is 1. The molecule has 1 heterocycles. The van der Waals surface area contributed by atoms with Gasteiger partial charge in [-0.2, -0.15) is 0 Å². The normalized spacial score (nSPS) is 16.1. The maximum Gasteiger partial charge on any atom is 0.328 e. The van der Waals surface area contributed by atoms with Crippen molar-refractivity contribution in [1.29, 1.82) is 0 Å². The Hall–Kier alpha value is -1.79. The van der Waals surface area contributed by atoms with Crippen molar-refractivity contribution in [1.82, 2.24) is 4.90 Å². The fourth-order valence-electron chi connectivity index (χ4n) is 3.09. The van der Waals surface area contributed by atoms with E-state index in [1.165, 1.54) is 7.11 Å². The van der Waals surface area contributed by atoms with E-state index < -0.39 is 6.04 Å². The van der Waals surface area contributed by atoms with Crippen LogP contribution < -0.4 is 0 Å². The summed E-state index contributed by atoms with van der Waals surface area (Å²) in [6, 6.07) is 15.3. The lowest BCUT2D eigenvalue weighted by Crippen LogP contribution is -2.49. The molecule has 1 amide bonds. The number of thioether (sulfide) groups is 1. The number of halogens is 1. The van der Waals surface area contributed by atoms with Gasteiger partial charge in [0.25, 0.3) is 0 Å². The summed E-state index contributed by atoms with van der Waals surface area (Å²) in [5.74, 6) is 0.286. The minimum atomic E-state index is -0.545. The van der Waals surface area contributed by atoms with Crippen LogP contribution in [0.2, 0.25) is 0 Å². The quantitative estimate of drug-likeness (QED) is 0.526. The van der Waals surface area contributed by atoms with Crippen molar-refractivity contribution in [2.75, 3.05) is 12.9 Å². The van der Waals surface area contributed by atoms with Gasteiger partial charge >= 0.3 is 5.97 Å². The molecule has 4 nitrogen and oxygen atoms in total. The Morgan fingerprint density at radius 2 is 1.85 bits per heavy atom. The highest BCUT2D eigenvalue weighted by atomic mass is 79.9. The summed E-state index contributed by atoms with van der Waals surface area (Å²) in [4.78, 5) is 27.8. The van der Waals surface area contributed by atoms with Gasteiger partial charge in [0.15, 0.2) is 0 Å². The molecule has 6 heteroatoms. The molecule has 136 valence electrons. The van der Waals surface area contributed by atoms with E-state index in [-0.39, 0.29) is 11.9 Å². The first kappa shape index (κ1) is 19.0. The van der Waals surface area contributed by atoms with Gasteiger partial charge in [-0.25, -0.2) is 4.79 Å². The molecule has 2 aromatic carbocycles. The molecule has 26 heavy (non-hydrogen) atoms. The third kappa shape index (κ3) is 4.30. The maximum absolute atomic E-state index is 12.8. The highest BCUT2D eigenvalue weighted by Gasteiger charge is 2.34. The maximum atomic E-state index is 12.8. The van der Waals surface area contributed by atoms with Crippen molar-refractivity contribution >= 4 is 39.6 Å². The summed E-state index contributed by atoms with van der Waals surface area (Å²) < 4.78 is 5.96. The topological polar surface area (TPSA) is 46.6 Å². The molecule has 0 aliphatic carbocycles. The fraction of sp³-hybridized carbons (Fsp3) is 0.300. The summed E-state index contributed by atoms with van der Waals surface area (Å²) in [6.07, 6.45) is 0.883. The Bertz CT molecular complexity index is 811. The molecule has 0 saturated carbocycles. The van der Waals surface area contributed by atoms with E-state index in [1.807, 2.05) is 48.5 Å². The lowest BCUT2D eigenvalue weighted by atomic mass is 9.93. The van der Waals surface area contributed by atoms with Crippen molar-refractivity contribution in [2.45, 2.75) is 30.3 Å². The van der Waals surface area contributed by atoms with Crippen molar-refractivity contribution < 1.29 is 14.3 Å². The van der Waals surface area contributed by atoms with Gasteiger partial charge < -0.3 is 9.64 Å². The Morgan fingerprint density at radius 3 is 2.58 bits per heavy atom. The first-order valence-electron chi connectivity index (χ1n) is 8.41. The van der Waals surface area contributed by atoms with Crippen molar-refractivity contribution in [3.63, 3.8) is 0 Å². The van der Waals surface area contributed by atoms with Gasteiger partial charge in [-0.3, -0.25) is 4.79 Å². The lowest BCUT2D eigenvalue weighted by Gasteiger charge is -2.35. The van der Waals surface area contributed by atoms with Crippen LogP contribution in [0.25, 0.3) is 0 Å². The van der Waals surface area contributed by atoms with Crippen LogP contribution in [0.4, 0.5) is 0 Å². The number of hydrogen-bond acceptors (Lipinski definition) is 4. The van der Waals surface area contributed by atoms with Gasteiger partial charge in [-0.1, -0.05) is 36.4 Å². The van der Waals surface area contributed by atoms with E-state index >= 15 is 0 Å². The highest BCUT2D eigenvalue weighted by molar-refractivity contribution is 9.10. The van der Waals surface area contributed by atoms with E-state index in [9.17, 15) is 9.59 Å². The average molecular weight is 434 g/mol. The number of fused-ring (bicyclic) bond motifs is 1. The van der Waals surface area contributed by atoms with Gasteiger partial charge in [0.1, 0.15) is 6.04 Å². The molecule has 0 radical (unpaired) electrons. The summed E-state index contributed by atoms with van der Waals surface area (Å²) in [5, 5.41) is 0. The van der Waals surface area contributed by atoms with Crippen LogP contribution in [0, 0.1) is 0 Å². The molecular formula is C20H20BrNO3S. The average Bonchev–Trinajstić information content (AvgIpc) is 2.67. The number of hydrogen-bond donors (Lipinski definition) is 0. The number of benzene rings is 2. The standard InChI is InChI=1S/C20H20BrNO3S/c1-25-20(24)17-12-14-6-2-3-7-15(14)13-22(17)19(23)10-11-26-18-9-5-4-8-16(18)21/h2-9,17H,10-13H2,1H3. The largest absolute Gasteiger partial charge is 0.467 e. The van der Waals surface area contributed by atoms with E-state index in [0.29, 0.717) is 25.1 Å². The molecule has 1 aliphatic heterocycles. The second kappa shape index (κ2) is 8.73. The zero-order valence-electron chi connectivity index (χ0n) is 14.5. The van der Waals surface area contributed by atoms with Crippen LogP contribution in [0.15, 0.2) is 57.9 Å². The van der Waals surface area contributed by atoms with Crippen molar-refractivity contribution in [2.24, 2.45) is 0 Å². The molecule has 0 fully saturated rings. The van der Waals surface area contributed by atoms with Crippen LogP contribution in [-0.2, 0) is 27.3 Å². The van der Waals surface area contributed by atoms with E-state index in [1.54, 1.807) is 16.7 Å². The number of methoxy groups -OCH3 is 1. The molecule has 0 N–H and O–H groups in total. The summed E-state index contributed by atoms with van der Waals surface area (Å²) in [5.41, 5.74) is 2.20. The number of carbonyl (C=O) groups excluding carboxylic acids is 2. The van der Waals surface area contributed by atoms with E-state index in [2.05, 4.69) is 15.9 Å². The summed E-state index contributed by atoms with van der Waals surface area (Å²) >= 11 is 5.15. The first-order chi connectivity index (χ1) is 12.6. The Morgan fingerprint density at radius 1 is 1.15 bits per heavy atom. The second-order valence-electron chi connectivity index (χ2n) is 6.06. The van der Waals surface area contributed by atoms with E-state index in [0.717, 1.165) is 20.5 Å². The zero-order valence-corrected chi connectivity index (χ0v) is 16.9. The number of esters is 1. The Labute approximate surface area is 166 Å². The minimum absolute atomic E-state index is 0.0190. The molecule has 0 spiro atoms. The molecule has 2 aromatic rings. The van der Waals surface area contributed by atoms with Crippen LogP contribution in [0.5, 0.6) is 0 Å². The molecule has 0 aromatic heterocycles. The molecule has 0 saturated heterocycles. The zero-order chi connectivity index (χ0) is 18.5. The molecule has 1 aliphatic rings. The van der Waals surface area contributed by atoms with Gasteiger partial charge in [-0.15, -0.1) is 11.8 Å². The summed E-state index contributed by atoms with van der Waals surface area (Å²) in [7, 11) is 1.37. The number of ether oxygens (including phenoxy) is 1. The molecule has 1 atom stereocenters. The Balaban J connectivity index is 1.68. The predicted molar refractivity (Wildman–Crippen MR) is 106 cm³/mol. The summed E-state index contributed by atoms with van der Waals surface area (Å²) in [6.45, 7) is 0.453. The van der Waals surface area contributed by atoms with Gasteiger partial charge in [0.2, 0.25) is 5.91 Å². The number of carbonyl (C=O) groups is 2. The number of rotatable bonds is 5. The third-order valence-corrected chi connectivity index (χ3v) is 6.48. The van der Waals surface area contributed by atoms with Gasteiger partial charge in [0, 0.05) is 34.5 Å².